The topological polar surface area (TPSA) is 21.3 Å². The van der Waals surface area contributed by atoms with Crippen LogP contribution in [0.3, 0.4) is 0 Å². The van der Waals surface area contributed by atoms with Crippen LogP contribution in [0.5, 0.6) is 5.75 Å². The van der Waals surface area contributed by atoms with Crippen LogP contribution in [0.1, 0.15) is 51.6 Å². The van der Waals surface area contributed by atoms with E-state index in [1.165, 1.54) is 24.2 Å². The normalized spacial score (nSPS) is 23.8. The third-order valence-electron chi connectivity index (χ3n) is 3.99. The van der Waals surface area contributed by atoms with Crippen LogP contribution < -0.4 is 10.1 Å². The summed E-state index contributed by atoms with van der Waals surface area (Å²) in [5.41, 5.74) is 1.32. The van der Waals surface area contributed by atoms with Gasteiger partial charge in [-0.25, -0.2) is 0 Å². The van der Waals surface area contributed by atoms with Gasteiger partial charge >= 0.3 is 0 Å². The van der Waals surface area contributed by atoms with Gasteiger partial charge in [-0.3, -0.25) is 0 Å². The van der Waals surface area contributed by atoms with E-state index in [-0.39, 0.29) is 4.75 Å². The molecule has 2 rings (SSSR count). The van der Waals surface area contributed by atoms with E-state index < -0.39 is 0 Å². The van der Waals surface area contributed by atoms with Gasteiger partial charge in [-0.1, -0.05) is 25.1 Å². The van der Waals surface area contributed by atoms with Gasteiger partial charge < -0.3 is 10.1 Å². The molecule has 3 heteroatoms. The molecule has 20 heavy (non-hydrogen) atoms. The summed E-state index contributed by atoms with van der Waals surface area (Å²) in [4.78, 5) is 0. The highest BCUT2D eigenvalue weighted by Crippen LogP contribution is 2.48. The molecule has 1 aliphatic heterocycles. The highest BCUT2D eigenvalue weighted by atomic mass is 32.2. The van der Waals surface area contributed by atoms with Crippen LogP contribution >= 0.6 is 11.8 Å². The summed E-state index contributed by atoms with van der Waals surface area (Å²) in [5.74, 6) is 2.31. The molecule has 0 amide bonds. The summed E-state index contributed by atoms with van der Waals surface area (Å²) < 4.78 is 6.13. The number of benzene rings is 1. The SMILES string of the molecule is CCCNC(c1ccccc1OCC)C1(C)CCCS1. The van der Waals surface area contributed by atoms with Gasteiger partial charge in [0.25, 0.3) is 0 Å². The minimum absolute atomic E-state index is 0.280. The second kappa shape index (κ2) is 7.37. The molecule has 1 N–H and O–H groups in total. The molecule has 2 unspecified atom stereocenters. The molecule has 0 bridgehead atoms. The Morgan fingerprint density at radius 1 is 1.35 bits per heavy atom. The molecule has 0 aromatic heterocycles. The average molecular weight is 293 g/mol. The highest BCUT2D eigenvalue weighted by Gasteiger charge is 2.39. The molecule has 0 saturated carbocycles. The first-order valence-corrected chi connectivity index (χ1v) is 8.79. The monoisotopic (exact) mass is 293 g/mol. The van der Waals surface area contributed by atoms with E-state index in [1.807, 2.05) is 0 Å². The van der Waals surface area contributed by atoms with Gasteiger partial charge in [0.15, 0.2) is 0 Å². The van der Waals surface area contributed by atoms with Crippen LogP contribution in [0.25, 0.3) is 0 Å². The van der Waals surface area contributed by atoms with Gasteiger partial charge in [-0.2, -0.15) is 11.8 Å². The summed E-state index contributed by atoms with van der Waals surface area (Å²) in [6.07, 6.45) is 3.76. The second-order valence-corrected chi connectivity index (χ2v) is 7.25. The van der Waals surface area contributed by atoms with E-state index in [4.69, 9.17) is 4.74 Å². The summed E-state index contributed by atoms with van der Waals surface area (Å²) in [7, 11) is 0. The number of hydrogen-bond acceptors (Lipinski definition) is 3. The third kappa shape index (κ3) is 3.50. The molecule has 1 fully saturated rings. The van der Waals surface area contributed by atoms with Crippen molar-refractivity contribution < 1.29 is 4.74 Å². The van der Waals surface area contributed by atoms with Crippen molar-refractivity contribution in [1.29, 1.82) is 0 Å². The van der Waals surface area contributed by atoms with Crippen molar-refractivity contribution in [1.82, 2.24) is 5.32 Å². The van der Waals surface area contributed by atoms with Crippen LogP contribution in [0, 0.1) is 0 Å². The van der Waals surface area contributed by atoms with Crippen molar-refractivity contribution in [2.24, 2.45) is 0 Å². The van der Waals surface area contributed by atoms with E-state index in [2.05, 4.69) is 62.1 Å². The van der Waals surface area contributed by atoms with Crippen molar-refractivity contribution in [2.75, 3.05) is 18.9 Å². The van der Waals surface area contributed by atoms with Gasteiger partial charge in [0.2, 0.25) is 0 Å². The highest BCUT2D eigenvalue weighted by molar-refractivity contribution is 8.00. The first-order chi connectivity index (χ1) is 9.71. The van der Waals surface area contributed by atoms with Crippen LogP contribution in [0.15, 0.2) is 24.3 Å². The Morgan fingerprint density at radius 3 is 2.80 bits per heavy atom. The van der Waals surface area contributed by atoms with E-state index in [0.29, 0.717) is 6.04 Å². The lowest BCUT2D eigenvalue weighted by Crippen LogP contribution is -2.38. The fourth-order valence-corrected chi connectivity index (χ4v) is 4.40. The maximum absolute atomic E-state index is 5.85. The fourth-order valence-electron chi connectivity index (χ4n) is 2.98. The number of ether oxygens (including phenoxy) is 1. The molecule has 2 atom stereocenters. The maximum atomic E-state index is 5.85. The predicted octanol–water partition coefficient (Wildman–Crippen LogP) is 4.41. The molecule has 0 radical (unpaired) electrons. The van der Waals surface area contributed by atoms with Crippen molar-refractivity contribution in [2.45, 2.75) is 50.8 Å². The minimum Gasteiger partial charge on any atom is -0.494 e. The van der Waals surface area contributed by atoms with Crippen molar-refractivity contribution in [3.63, 3.8) is 0 Å². The van der Waals surface area contributed by atoms with E-state index in [1.54, 1.807) is 0 Å². The smallest absolute Gasteiger partial charge is 0.124 e. The fraction of sp³-hybridized carbons (Fsp3) is 0.647. The van der Waals surface area contributed by atoms with Gasteiger partial charge in [0.1, 0.15) is 5.75 Å². The molecule has 1 aliphatic rings. The minimum atomic E-state index is 0.280. The van der Waals surface area contributed by atoms with E-state index in [9.17, 15) is 0 Å². The Morgan fingerprint density at radius 2 is 2.15 bits per heavy atom. The summed E-state index contributed by atoms with van der Waals surface area (Å²) >= 11 is 2.11. The molecule has 1 heterocycles. The Bertz CT molecular complexity index is 415. The van der Waals surface area contributed by atoms with Crippen LogP contribution in [-0.2, 0) is 0 Å². The Labute approximate surface area is 127 Å². The molecule has 1 aromatic rings. The Balaban J connectivity index is 2.30. The average Bonchev–Trinajstić information content (AvgIpc) is 2.89. The lowest BCUT2D eigenvalue weighted by molar-refractivity contribution is 0.323. The first kappa shape index (κ1) is 15.7. The summed E-state index contributed by atoms with van der Waals surface area (Å²) in [6, 6.07) is 8.89. The lowest BCUT2D eigenvalue weighted by atomic mass is 9.89. The number of para-hydroxylation sites is 1. The third-order valence-corrected chi connectivity index (χ3v) is 5.58. The molecule has 2 nitrogen and oxygen atoms in total. The Hall–Kier alpha value is -0.670. The first-order valence-electron chi connectivity index (χ1n) is 7.80. The van der Waals surface area contributed by atoms with E-state index in [0.717, 1.165) is 25.3 Å². The largest absolute Gasteiger partial charge is 0.494 e. The van der Waals surface area contributed by atoms with Gasteiger partial charge in [-0.15, -0.1) is 0 Å². The van der Waals surface area contributed by atoms with Gasteiger partial charge in [0.05, 0.1) is 12.6 Å². The zero-order chi connectivity index (χ0) is 14.4. The number of nitrogens with one attached hydrogen (secondary N) is 1. The predicted molar refractivity (Wildman–Crippen MR) is 88.7 cm³/mol. The zero-order valence-electron chi connectivity index (χ0n) is 12.9. The zero-order valence-corrected chi connectivity index (χ0v) is 13.8. The molecule has 0 aliphatic carbocycles. The standard InChI is InChI=1S/C17H27NOS/c1-4-12-18-16(17(3)11-8-13-20-17)14-9-6-7-10-15(14)19-5-2/h6-7,9-10,16,18H,4-5,8,11-13H2,1-3H3. The molecule has 1 aromatic carbocycles. The van der Waals surface area contributed by atoms with Crippen LogP contribution in [0.2, 0.25) is 0 Å². The Kier molecular flexibility index (Phi) is 5.79. The molecular formula is C17H27NOS. The van der Waals surface area contributed by atoms with Crippen molar-refractivity contribution in [3.8, 4) is 5.75 Å². The van der Waals surface area contributed by atoms with Crippen LogP contribution in [-0.4, -0.2) is 23.7 Å². The van der Waals surface area contributed by atoms with Crippen LogP contribution in [0.4, 0.5) is 0 Å². The van der Waals surface area contributed by atoms with Crippen molar-refractivity contribution >= 4 is 11.8 Å². The molecular weight excluding hydrogens is 266 g/mol. The maximum Gasteiger partial charge on any atom is 0.124 e. The summed E-state index contributed by atoms with van der Waals surface area (Å²) in [5, 5.41) is 3.77. The molecule has 112 valence electrons. The lowest BCUT2D eigenvalue weighted by Gasteiger charge is -2.35. The van der Waals surface area contributed by atoms with Gasteiger partial charge in [0, 0.05) is 10.3 Å². The second-order valence-electron chi connectivity index (χ2n) is 5.62. The quantitative estimate of drug-likeness (QED) is 0.804. The van der Waals surface area contributed by atoms with Crippen molar-refractivity contribution in [3.05, 3.63) is 29.8 Å². The molecule has 1 saturated heterocycles. The van der Waals surface area contributed by atoms with E-state index >= 15 is 0 Å². The number of thioether (sulfide) groups is 1. The molecule has 0 spiro atoms. The summed E-state index contributed by atoms with van der Waals surface area (Å²) in [6.45, 7) is 8.46. The number of hydrogen-bond donors (Lipinski definition) is 1. The number of rotatable bonds is 7. The van der Waals surface area contributed by atoms with Gasteiger partial charge in [-0.05, 0) is 51.5 Å².